The smallest absolute Gasteiger partial charge is 0.326 e. The van der Waals surface area contributed by atoms with Gasteiger partial charge in [-0.1, -0.05) is 115 Å². The van der Waals surface area contributed by atoms with Crippen molar-refractivity contribution < 1.29 is 24.2 Å². The minimum Gasteiger partial charge on any atom is -0.480 e. The number of hydrogen-bond acceptors (Lipinski definition) is 5. The standard InChI is InChI=1S/C39H70N2O5/c1-3-5-7-9-11-13-14-15-17-23-27-33-38(43)46-35(29-24-20-16-12-10-8-6-4-2)30-25-21-18-19-22-26-32-37(42)41-36(39(44)45)31-28-34-40/h9,11-12,16,24,29,35-36H,3-8,10,13-15,17-23,25-28,30-34,40H2,1-2H3,(H,41,42)(H,44,45)/b11-9-,16-12-,29-24-. The summed E-state index contributed by atoms with van der Waals surface area (Å²) in [6.07, 6.45) is 37.7. The monoisotopic (exact) mass is 647 g/mol. The highest BCUT2D eigenvalue weighted by atomic mass is 16.5. The molecule has 0 aliphatic carbocycles. The third-order valence-electron chi connectivity index (χ3n) is 8.16. The second-order valence-corrected chi connectivity index (χ2v) is 12.6. The number of nitrogens with one attached hydrogen (secondary N) is 1. The molecule has 0 radical (unpaired) electrons. The SMILES string of the molecule is CCCC/C=C\CCCCCCCC(=O)OC(/C=C\C/C=C\CCCCC)CCCCCCCCC(=O)NC(CCCN)C(=O)O. The second kappa shape index (κ2) is 33.9. The van der Waals surface area contributed by atoms with Crippen LogP contribution in [0.25, 0.3) is 0 Å². The molecule has 0 aromatic heterocycles. The molecule has 0 bridgehead atoms. The summed E-state index contributed by atoms with van der Waals surface area (Å²) in [5.74, 6) is -1.30. The van der Waals surface area contributed by atoms with Gasteiger partial charge in [-0.05, 0) is 89.7 Å². The van der Waals surface area contributed by atoms with E-state index in [0.29, 0.717) is 32.2 Å². The fourth-order valence-electron chi connectivity index (χ4n) is 5.26. The quantitative estimate of drug-likeness (QED) is 0.0371. The summed E-state index contributed by atoms with van der Waals surface area (Å²) >= 11 is 0. The third-order valence-corrected chi connectivity index (χ3v) is 8.16. The number of carbonyl (C=O) groups excluding carboxylic acids is 2. The van der Waals surface area contributed by atoms with Crippen molar-refractivity contribution in [2.75, 3.05) is 6.54 Å². The summed E-state index contributed by atoms with van der Waals surface area (Å²) < 4.78 is 5.89. The number of nitrogens with two attached hydrogens (primary N) is 1. The van der Waals surface area contributed by atoms with Crippen molar-refractivity contribution in [3.8, 4) is 0 Å². The molecule has 2 unspecified atom stereocenters. The largest absolute Gasteiger partial charge is 0.480 e. The fraction of sp³-hybridized carbons (Fsp3) is 0.769. The van der Waals surface area contributed by atoms with Gasteiger partial charge in [0.2, 0.25) is 5.91 Å². The molecule has 0 saturated heterocycles. The number of hydrogen-bond donors (Lipinski definition) is 3. The number of unbranched alkanes of at least 4 members (excludes halogenated alkanes) is 15. The van der Waals surface area contributed by atoms with Crippen LogP contribution in [-0.4, -0.2) is 41.6 Å². The Hall–Kier alpha value is -2.41. The highest BCUT2D eigenvalue weighted by molar-refractivity contribution is 5.83. The third kappa shape index (κ3) is 30.3. The first-order chi connectivity index (χ1) is 22.4. The van der Waals surface area contributed by atoms with Gasteiger partial charge < -0.3 is 20.9 Å². The van der Waals surface area contributed by atoms with Gasteiger partial charge in [0.1, 0.15) is 12.1 Å². The molecule has 7 nitrogen and oxygen atoms in total. The van der Waals surface area contributed by atoms with Gasteiger partial charge in [-0.3, -0.25) is 9.59 Å². The summed E-state index contributed by atoms with van der Waals surface area (Å²) in [5, 5.41) is 11.9. The first-order valence-electron chi connectivity index (χ1n) is 18.8. The Bertz CT molecular complexity index is 823. The summed E-state index contributed by atoms with van der Waals surface area (Å²) in [6.45, 7) is 4.85. The van der Waals surface area contributed by atoms with E-state index < -0.39 is 12.0 Å². The van der Waals surface area contributed by atoms with Crippen LogP contribution < -0.4 is 11.1 Å². The van der Waals surface area contributed by atoms with E-state index in [2.05, 4.69) is 55.6 Å². The van der Waals surface area contributed by atoms with Crippen molar-refractivity contribution >= 4 is 17.8 Å². The van der Waals surface area contributed by atoms with Crippen molar-refractivity contribution in [2.24, 2.45) is 5.73 Å². The highest BCUT2D eigenvalue weighted by Crippen LogP contribution is 2.15. The van der Waals surface area contributed by atoms with E-state index in [9.17, 15) is 19.5 Å². The Balaban J connectivity index is 4.34. The summed E-state index contributed by atoms with van der Waals surface area (Å²) in [7, 11) is 0. The molecule has 0 aromatic rings. The van der Waals surface area contributed by atoms with Crippen molar-refractivity contribution in [1.82, 2.24) is 5.32 Å². The van der Waals surface area contributed by atoms with Crippen LogP contribution in [0.2, 0.25) is 0 Å². The average Bonchev–Trinajstić information content (AvgIpc) is 3.03. The molecule has 46 heavy (non-hydrogen) atoms. The molecule has 0 aromatic carbocycles. The van der Waals surface area contributed by atoms with Crippen molar-refractivity contribution in [3.63, 3.8) is 0 Å². The van der Waals surface area contributed by atoms with E-state index >= 15 is 0 Å². The summed E-state index contributed by atoms with van der Waals surface area (Å²) in [5.41, 5.74) is 5.46. The Kier molecular flexibility index (Phi) is 32.2. The van der Waals surface area contributed by atoms with E-state index in [0.717, 1.165) is 77.0 Å². The Labute approximate surface area is 282 Å². The maximum atomic E-state index is 12.6. The van der Waals surface area contributed by atoms with Gasteiger partial charge in [-0.25, -0.2) is 4.79 Å². The van der Waals surface area contributed by atoms with Gasteiger partial charge in [0.25, 0.3) is 0 Å². The molecule has 0 fully saturated rings. The molecular weight excluding hydrogens is 576 g/mol. The topological polar surface area (TPSA) is 119 Å². The molecule has 0 rings (SSSR count). The molecule has 266 valence electrons. The van der Waals surface area contributed by atoms with Crippen LogP contribution in [-0.2, 0) is 19.1 Å². The maximum absolute atomic E-state index is 12.6. The molecule has 0 saturated carbocycles. The normalized spacial score (nSPS) is 13.1. The minimum atomic E-state index is -1.01. The second-order valence-electron chi connectivity index (χ2n) is 12.6. The molecule has 1 amide bonds. The van der Waals surface area contributed by atoms with Crippen LogP contribution in [0.3, 0.4) is 0 Å². The number of carboxylic acid groups (broad SMARTS) is 1. The lowest BCUT2D eigenvalue weighted by Crippen LogP contribution is -2.40. The zero-order chi connectivity index (χ0) is 33.9. The van der Waals surface area contributed by atoms with Crippen molar-refractivity contribution in [2.45, 2.75) is 187 Å². The lowest BCUT2D eigenvalue weighted by atomic mass is 10.0. The predicted molar refractivity (Wildman–Crippen MR) is 193 cm³/mol. The van der Waals surface area contributed by atoms with Gasteiger partial charge in [0, 0.05) is 12.8 Å². The molecule has 4 N–H and O–H groups in total. The number of esters is 1. The molecule has 0 heterocycles. The number of aliphatic carboxylic acids is 1. The number of amides is 1. The average molecular weight is 647 g/mol. The van der Waals surface area contributed by atoms with E-state index in [-0.39, 0.29) is 18.0 Å². The van der Waals surface area contributed by atoms with E-state index in [1.165, 1.54) is 57.8 Å². The molecule has 7 heteroatoms. The number of ether oxygens (including phenoxy) is 1. The lowest BCUT2D eigenvalue weighted by molar-refractivity contribution is -0.147. The minimum absolute atomic E-state index is 0.0879. The molecule has 0 spiro atoms. The molecular formula is C39H70N2O5. The summed E-state index contributed by atoms with van der Waals surface area (Å²) in [4.78, 5) is 36.0. The van der Waals surface area contributed by atoms with Gasteiger partial charge in [0.15, 0.2) is 0 Å². The zero-order valence-electron chi connectivity index (χ0n) is 29.7. The Morgan fingerprint density at radius 2 is 1.22 bits per heavy atom. The van der Waals surface area contributed by atoms with Gasteiger partial charge >= 0.3 is 11.9 Å². The van der Waals surface area contributed by atoms with Gasteiger partial charge in [0.05, 0.1) is 0 Å². The van der Waals surface area contributed by atoms with Crippen LogP contribution >= 0.6 is 0 Å². The van der Waals surface area contributed by atoms with Gasteiger partial charge in [-0.15, -0.1) is 0 Å². The Morgan fingerprint density at radius 1 is 0.652 bits per heavy atom. The predicted octanol–water partition coefficient (Wildman–Crippen LogP) is 9.89. The van der Waals surface area contributed by atoms with E-state index in [1.54, 1.807) is 0 Å². The highest BCUT2D eigenvalue weighted by Gasteiger charge is 2.18. The van der Waals surface area contributed by atoms with E-state index in [4.69, 9.17) is 10.5 Å². The number of allylic oxidation sites excluding steroid dienone is 5. The molecule has 0 aliphatic heterocycles. The number of carbonyl (C=O) groups is 3. The fourth-order valence-corrected chi connectivity index (χ4v) is 5.26. The molecule has 0 aliphatic rings. The van der Waals surface area contributed by atoms with Crippen LogP contribution in [0.4, 0.5) is 0 Å². The van der Waals surface area contributed by atoms with Crippen LogP contribution in [0.1, 0.15) is 174 Å². The van der Waals surface area contributed by atoms with Crippen LogP contribution in [0, 0.1) is 0 Å². The first-order valence-corrected chi connectivity index (χ1v) is 18.8. The van der Waals surface area contributed by atoms with Crippen molar-refractivity contribution in [1.29, 1.82) is 0 Å². The first kappa shape index (κ1) is 43.6. The Morgan fingerprint density at radius 3 is 1.87 bits per heavy atom. The van der Waals surface area contributed by atoms with Crippen molar-refractivity contribution in [3.05, 3.63) is 36.5 Å². The number of rotatable bonds is 33. The molecule has 2 atom stereocenters. The number of carboxylic acids is 1. The van der Waals surface area contributed by atoms with E-state index in [1.807, 2.05) is 0 Å². The van der Waals surface area contributed by atoms with Crippen LogP contribution in [0.5, 0.6) is 0 Å². The van der Waals surface area contributed by atoms with Gasteiger partial charge in [-0.2, -0.15) is 0 Å². The zero-order valence-corrected chi connectivity index (χ0v) is 29.7. The maximum Gasteiger partial charge on any atom is 0.326 e. The lowest BCUT2D eigenvalue weighted by Gasteiger charge is -2.15. The summed E-state index contributed by atoms with van der Waals surface area (Å²) in [6, 6.07) is -0.855. The van der Waals surface area contributed by atoms with Crippen LogP contribution in [0.15, 0.2) is 36.5 Å².